The molecule has 2 aromatic heterocycles. The minimum Gasteiger partial charge on any atom is -0.455 e. The number of aromatic nitrogens is 8. The zero-order chi connectivity index (χ0) is 56.3. The molecule has 3 atom stereocenters. The van der Waals surface area contributed by atoms with Crippen LogP contribution in [0.25, 0.3) is 22.8 Å². The molecule has 6 aromatic rings. The summed E-state index contributed by atoms with van der Waals surface area (Å²) < 4.78 is 10.4. The van der Waals surface area contributed by atoms with Gasteiger partial charge in [0.15, 0.2) is 13.2 Å². The molecule has 4 fully saturated rings. The smallest absolute Gasteiger partial charge is 0.311 e. The maximum atomic E-state index is 15.6. The fourth-order valence-corrected chi connectivity index (χ4v) is 13.4. The molecule has 0 spiro atoms. The molecule has 20 nitrogen and oxygen atoms in total. The number of nitrogens with zero attached hydrogens (tertiary/aromatic N) is 8. The molecule has 80 heavy (non-hydrogen) atoms. The Hall–Kier alpha value is -8.29. The Kier molecular flexibility index (Phi) is 14.1. The number of tetrazole rings is 2. The number of carbonyl (C=O) groups excluding carboxylic acids is 7. The van der Waals surface area contributed by atoms with Crippen LogP contribution in [0, 0.1) is 45.8 Å². The maximum absolute atomic E-state index is 15.6. The molecule has 414 valence electrons. The third-order valence-electron chi connectivity index (χ3n) is 16.6. The van der Waals surface area contributed by atoms with Crippen molar-refractivity contribution in [2.24, 2.45) is 45.8 Å². The third kappa shape index (κ3) is 10.8. The van der Waals surface area contributed by atoms with E-state index in [9.17, 15) is 19.2 Å². The molecule has 0 unspecified atom stereocenters. The van der Waals surface area contributed by atoms with Crippen LogP contribution in [0.3, 0.4) is 0 Å². The number of anilines is 1. The van der Waals surface area contributed by atoms with Gasteiger partial charge in [-0.3, -0.25) is 33.6 Å². The summed E-state index contributed by atoms with van der Waals surface area (Å²) in [6.07, 6.45) is 7.26. The van der Waals surface area contributed by atoms with Crippen LogP contribution >= 0.6 is 0 Å². The number of fused-ring (bicyclic) bond motifs is 1. The van der Waals surface area contributed by atoms with Crippen LogP contribution in [0.1, 0.15) is 129 Å². The van der Waals surface area contributed by atoms with E-state index in [-0.39, 0.29) is 46.2 Å². The summed E-state index contributed by atoms with van der Waals surface area (Å²) in [4.78, 5) is 98.6. The highest BCUT2D eigenvalue weighted by atomic mass is 16.5. The second-order valence-electron chi connectivity index (χ2n) is 24.7. The Morgan fingerprint density at radius 2 is 1.04 bits per heavy atom. The topological polar surface area (TPSA) is 261 Å². The van der Waals surface area contributed by atoms with E-state index in [1.807, 2.05) is 66.7 Å². The number of esters is 2. The minimum atomic E-state index is -1.20. The fourth-order valence-electron chi connectivity index (χ4n) is 13.4. The first-order chi connectivity index (χ1) is 38.2. The first kappa shape index (κ1) is 53.7. The summed E-state index contributed by atoms with van der Waals surface area (Å²) in [6.45, 7) is 9.14. The standard InChI is InChI=1S/C60H65N11O9/c1-58(2,3)56(77)79-30-45(72)70-66-51(64-68-70)37-24-38(52-65-69-71(67-52)46(73)31-80-57(78)59(4,5)6)26-39(25-37)62-53(74)44(23-33-14-8-7-9-15-33)63-55(76)50-48-42-18-12-10-16-40(42)47(41-17-11-13-19-43(41)48)49(50)54(75)61-32-60-27-34-20-35(28-60)22-36(21-34)29-60/h7-19,24-26,34-36,44,47-50H,20-23,27-32H2,1-6H3,(H,61,75)(H,62,74)(H,63,76)/t34?,35?,36?,44-,47?,48?,49+,50-,60?/m0/s1. The van der Waals surface area contributed by atoms with Crippen LogP contribution < -0.4 is 16.0 Å². The van der Waals surface area contributed by atoms with Gasteiger partial charge in [-0.25, -0.2) is 0 Å². The number of hydrogen-bond acceptors (Lipinski definition) is 15. The molecule has 6 bridgehead atoms. The average Bonchev–Trinajstić information content (AvgIpc) is 4.13. The Labute approximate surface area is 462 Å². The number of amides is 3. The maximum Gasteiger partial charge on any atom is 0.311 e. The molecule has 0 radical (unpaired) electrons. The van der Waals surface area contributed by atoms with Crippen molar-refractivity contribution in [2.45, 2.75) is 104 Å². The van der Waals surface area contributed by atoms with Crippen molar-refractivity contribution in [3.63, 3.8) is 0 Å². The summed E-state index contributed by atoms with van der Waals surface area (Å²) in [6, 6.07) is 28.8. The zero-order valence-electron chi connectivity index (χ0n) is 45.7. The SMILES string of the molecule is CC(C)(C)C(=O)OCC(=O)n1nnc(-c2cc(NC(=O)[C@H](Cc3ccccc3)NC(=O)[C@H]3C4c5ccccc5C(c5ccccc54)[C@H]3C(=O)NCC34CC5CC(CC(C5)C3)C4)cc(-c3nnn(C(=O)COC(=O)C(C)(C)C)n3)c2)n1. The van der Waals surface area contributed by atoms with Crippen molar-refractivity contribution in [1.82, 2.24) is 51.0 Å². The van der Waals surface area contributed by atoms with Gasteiger partial charge in [-0.15, -0.1) is 20.4 Å². The van der Waals surface area contributed by atoms with Crippen molar-refractivity contribution in [3.8, 4) is 22.8 Å². The van der Waals surface area contributed by atoms with Gasteiger partial charge in [0, 0.05) is 41.6 Å². The van der Waals surface area contributed by atoms with Gasteiger partial charge < -0.3 is 25.4 Å². The van der Waals surface area contributed by atoms with Crippen molar-refractivity contribution in [1.29, 1.82) is 0 Å². The minimum absolute atomic E-state index is 0.0563. The zero-order valence-corrected chi connectivity index (χ0v) is 45.7. The first-order valence-electron chi connectivity index (χ1n) is 27.5. The predicted molar refractivity (Wildman–Crippen MR) is 290 cm³/mol. The quantitative estimate of drug-likeness (QED) is 0.0877. The molecular formula is C60H65N11O9. The fraction of sp³-hybridized carbons (Fsp3) is 0.450. The number of rotatable bonds is 15. The average molecular weight is 1080 g/mol. The summed E-state index contributed by atoms with van der Waals surface area (Å²) in [5, 5.41) is 34.2. The predicted octanol–water partition coefficient (Wildman–Crippen LogP) is 6.97. The van der Waals surface area contributed by atoms with Gasteiger partial charge in [0.25, 0.3) is 0 Å². The number of nitrogens with one attached hydrogen (secondary N) is 3. The molecule has 4 saturated carbocycles. The lowest BCUT2D eigenvalue weighted by atomic mass is 9.49. The number of ether oxygens (including phenoxy) is 2. The van der Waals surface area contributed by atoms with Gasteiger partial charge >= 0.3 is 23.8 Å². The van der Waals surface area contributed by atoms with Crippen LogP contribution in [-0.4, -0.2) is 108 Å². The lowest BCUT2D eigenvalue weighted by molar-refractivity contribution is -0.152. The highest BCUT2D eigenvalue weighted by molar-refractivity contribution is 6.00. The largest absolute Gasteiger partial charge is 0.455 e. The van der Waals surface area contributed by atoms with Crippen LogP contribution in [0.15, 0.2) is 97.1 Å². The second kappa shape index (κ2) is 21.1. The van der Waals surface area contributed by atoms with E-state index >= 15 is 14.4 Å². The normalized spacial score (nSPS) is 23.5. The van der Waals surface area contributed by atoms with Crippen LogP contribution in [0.2, 0.25) is 0 Å². The molecule has 7 aliphatic carbocycles. The van der Waals surface area contributed by atoms with E-state index in [1.54, 1.807) is 41.5 Å². The van der Waals surface area contributed by atoms with Gasteiger partial charge in [0.1, 0.15) is 6.04 Å². The highest BCUT2D eigenvalue weighted by Gasteiger charge is 2.56. The van der Waals surface area contributed by atoms with E-state index in [0.717, 1.165) is 47.1 Å². The summed E-state index contributed by atoms with van der Waals surface area (Å²) in [5.41, 5.74) is 3.61. The molecule has 3 amide bonds. The van der Waals surface area contributed by atoms with Crippen molar-refractivity contribution >= 4 is 47.2 Å². The van der Waals surface area contributed by atoms with E-state index in [0.29, 0.717) is 33.9 Å². The Balaban J connectivity index is 0.912. The van der Waals surface area contributed by atoms with Crippen molar-refractivity contribution in [2.75, 3.05) is 25.1 Å². The van der Waals surface area contributed by atoms with Gasteiger partial charge in [-0.2, -0.15) is 0 Å². The molecule has 20 heteroatoms. The van der Waals surface area contributed by atoms with E-state index in [4.69, 9.17) is 9.47 Å². The second-order valence-corrected chi connectivity index (χ2v) is 24.7. The molecule has 0 aliphatic heterocycles. The van der Waals surface area contributed by atoms with Gasteiger partial charge in [0.2, 0.25) is 29.4 Å². The molecule has 0 saturated heterocycles. The van der Waals surface area contributed by atoms with Gasteiger partial charge in [-0.05, 0) is 160 Å². The molecule has 3 N–H and O–H groups in total. The van der Waals surface area contributed by atoms with E-state index in [1.165, 1.54) is 37.5 Å². The number of carbonyl (C=O) groups is 7. The monoisotopic (exact) mass is 1080 g/mol. The lowest BCUT2D eigenvalue weighted by Crippen LogP contribution is -2.57. The number of benzene rings is 4. The first-order valence-corrected chi connectivity index (χ1v) is 27.5. The van der Waals surface area contributed by atoms with E-state index < -0.39 is 89.3 Å². The van der Waals surface area contributed by atoms with Crippen molar-refractivity contribution < 1.29 is 43.0 Å². The lowest BCUT2D eigenvalue weighted by Gasteiger charge is -2.57. The Morgan fingerprint density at radius 3 is 1.49 bits per heavy atom. The van der Waals surface area contributed by atoms with Gasteiger partial charge in [0.05, 0.1) is 22.7 Å². The third-order valence-corrected chi connectivity index (χ3v) is 16.6. The van der Waals surface area contributed by atoms with Crippen LogP contribution in [-0.2, 0) is 39.9 Å². The molecule has 13 rings (SSSR count). The highest BCUT2D eigenvalue weighted by Crippen LogP contribution is 2.61. The molecular weight excluding hydrogens is 1020 g/mol. The van der Waals surface area contributed by atoms with Crippen LogP contribution in [0.4, 0.5) is 5.69 Å². The van der Waals surface area contributed by atoms with E-state index in [2.05, 4.69) is 58.9 Å². The molecule has 7 aliphatic rings. The van der Waals surface area contributed by atoms with Crippen molar-refractivity contribution in [3.05, 3.63) is 125 Å². The van der Waals surface area contributed by atoms with Crippen LogP contribution in [0.5, 0.6) is 0 Å². The summed E-state index contributed by atoms with van der Waals surface area (Å²) in [5.74, 6) is -4.68. The molecule has 2 heterocycles. The Bertz CT molecular complexity index is 3250. The number of hydrogen-bond donors (Lipinski definition) is 3. The summed E-state index contributed by atoms with van der Waals surface area (Å²) in [7, 11) is 0. The summed E-state index contributed by atoms with van der Waals surface area (Å²) >= 11 is 0. The van der Waals surface area contributed by atoms with Gasteiger partial charge in [-0.1, -0.05) is 88.5 Å². The molecule has 4 aromatic carbocycles. The Morgan fingerprint density at radius 1 is 0.600 bits per heavy atom.